The molecule has 3 heteroatoms. The zero-order valence-corrected chi connectivity index (χ0v) is 11.7. The number of hydrogen-bond donors (Lipinski definition) is 0. The van der Waals surface area contributed by atoms with Gasteiger partial charge in [0.15, 0.2) is 0 Å². The summed E-state index contributed by atoms with van der Waals surface area (Å²) >= 11 is 0. The van der Waals surface area contributed by atoms with Crippen LogP contribution in [0, 0.1) is 40.9 Å². The Hall–Kier alpha value is -0.860. The predicted molar refractivity (Wildman–Crippen MR) is 68.9 cm³/mol. The Labute approximate surface area is 114 Å². The molecule has 0 N–H and O–H groups in total. The van der Waals surface area contributed by atoms with Crippen LogP contribution in [0.25, 0.3) is 0 Å². The number of carbonyl (C=O) groups is 2. The Morgan fingerprint density at radius 3 is 2.68 bits per heavy atom. The van der Waals surface area contributed by atoms with Gasteiger partial charge in [-0.2, -0.15) is 0 Å². The lowest BCUT2D eigenvalue weighted by Crippen LogP contribution is -2.41. The van der Waals surface area contributed by atoms with Crippen LogP contribution in [0.5, 0.6) is 0 Å². The zero-order valence-electron chi connectivity index (χ0n) is 11.7. The van der Waals surface area contributed by atoms with E-state index >= 15 is 0 Å². The Morgan fingerprint density at radius 2 is 2.05 bits per heavy atom. The van der Waals surface area contributed by atoms with Crippen molar-refractivity contribution in [1.82, 2.24) is 0 Å². The molecule has 4 aliphatic rings. The highest BCUT2D eigenvalue weighted by Gasteiger charge is 2.69. The van der Waals surface area contributed by atoms with Crippen molar-refractivity contribution in [3.8, 4) is 0 Å². The van der Waals surface area contributed by atoms with Gasteiger partial charge in [-0.25, -0.2) is 0 Å². The molecule has 3 aliphatic carbocycles. The Morgan fingerprint density at radius 1 is 1.26 bits per heavy atom. The molecule has 7 unspecified atom stereocenters. The van der Waals surface area contributed by atoms with Gasteiger partial charge in [-0.15, -0.1) is 0 Å². The zero-order chi connectivity index (χ0) is 13.4. The monoisotopic (exact) mass is 262 g/mol. The number of cyclic esters (lactones) is 2. The maximum atomic E-state index is 12.2. The molecule has 2 bridgehead atoms. The summed E-state index contributed by atoms with van der Waals surface area (Å²) in [6.07, 6.45) is 4.98. The Balaban J connectivity index is 1.72. The molecule has 104 valence electrons. The van der Waals surface area contributed by atoms with Crippen LogP contribution in [0.4, 0.5) is 0 Å². The van der Waals surface area contributed by atoms with Crippen molar-refractivity contribution < 1.29 is 14.3 Å². The predicted octanol–water partition coefficient (Wildman–Crippen LogP) is 2.78. The van der Waals surface area contributed by atoms with Crippen LogP contribution in [0.15, 0.2) is 0 Å². The van der Waals surface area contributed by atoms with Crippen molar-refractivity contribution in [1.29, 1.82) is 0 Å². The molecule has 1 spiro atoms. The molecule has 4 rings (SSSR count). The fraction of sp³-hybridized carbons (Fsp3) is 0.875. The van der Waals surface area contributed by atoms with E-state index in [-0.39, 0.29) is 11.9 Å². The van der Waals surface area contributed by atoms with Crippen molar-refractivity contribution in [2.75, 3.05) is 0 Å². The van der Waals surface area contributed by atoms with Gasteiger partial charge in [0, 0.05) is 0 Å². The van der Waals surface area contributed by atoms with E-state index in [1.807, 2.05) is 0 Å². The second-order valence-electron chi connectivity index (χ2n) is 7.44. The summed E-state index contributed by atoms with van der Waals surface area (Å²) in [4.78, 5) is 23.8. The second kappa shape index (κ2) is 3.62. The molecule has 0 aromatic rings. The summed E-state index contributed by atoms with van der Waals surface area (Å²) in [6, 6.07) is 0. The normalized spacial score (nSPS) is 55.1. The molecule has 19 heavy (non-hydrogen) atoms. The molecule has 4 fully saturated rings. The van der Waals surface area contributed by atoms with Crippen LogP contribution in [-0.4, -0.2) is 11.9 Å². The topological polar surface area (TPSA) is 43.4 Å². The Bertz CT molecular complexity index is 457. The Kier molecular flexibility index (Phi) is 2.27. The number of ether oxygens (including phenoxy) is 1. The quantitative estimate of drug-likeness (QED) is 0.539. The van der Waals surface area contributed by atoms with Crippen LogP contribution in [0.3, 0.4) is 0 Å². The molecule has 1 heterocycles. The molecule has 0 aromatic heterocycles. The average molecular weight is 262 g/mol. The van der Waals surface area contributed by atoms with Gasteiger partial charge in [0.2, 0.25) is 0 Å². The van der Waals surface area contributed by atoms with E-state index in [1.54, 1.807) is 0 Å². The standard InChI is InChI=1S/C16H22O3/c1-3-9-4-8(2)13-10-5-11(14(9)13)16(6-10)7-12(17)19-15(16)18/h8-11,13-14H,3-7H2,1-2H3. The minimum atomic E-state index is -0.416. The third kappa shape index (κ3) is 1.29. The van der Waals surface area contributed by atoms with Crippen LogP contribution in [-0.2, 0) is 14.3 Å². The third-order valence-corrected chi connectivity index (χ3v) is 6.82. The third-order valence-electron chi connectivity index (χ3n) is 6.82. The van der Waals surface area contributed by atoms with Crippen LogP contribution in [0.1, 0.15) is 46.0 Å². The lowest BCUT2D eigenvalue weighted by atomic mass is 9.62. The minimum Gasteiger partial charge on any atom is -0.393 e. The average Bonchev–Trinajstić information content (AvgIpc) is 3.03. The van der Waals surface area contributed by atoms with Gasteiger partial charge >= 0.3 is 11.9 Å². The largest absolute Gasteiger partial charge is 0.393 e. The highest BCUT2D eigenvalue weighted by Crippen LogP contribution is 2.70. The van der Waals surface area contributed by atoms with E-state index in [2.05, 4.69) is 13.8 Å². The number of rotatable bonds is 1. The second-order valence-corrected chi connectivity index (χ2v) is 7.44. The summed E-state index contributed by atoms with van der Waals surface area (Å²) in [5, 5.41) is 0. The molecule has 3 saturated carbocycles. The minimum absolute atomic E-state index is 0.196. The first-order chi connectivity index (χ1) is 9.06. The van der Waals surface area contributed by atoms with Crippen LogP contribution < -0.4 is 0 Å². The molecule has 1 saturated heterocycles. The van der Waals surface area contributed by atoms with Gasteiger partial charge in [-0.1, -0.05) is 20.3 Å². The molecule has 0 aromatic carbocycles. The van der Waals surface area contributed by atoms with Gasteiger partial charge in [-0.05, 0) is 54.8 Å². The number of carbonyl (C=O) groups excluding carboxylic acids is 2. The first-order valence-electron chi connectivity index (χ1n) is 7.82. The van der Waals surface area contributed by atoms with Crippen LogP contribution >= 0.6 is 0 Å². The summed E-state index contributed by atoms with van der Waals surface area (Å²) < 4.78 is 4.92. The van der Waals surface area contributed by atoms with Crippen molar-refractivity contribution in [2.45, 2.75) is 46.0 Å². The van der Waals surface area contributed by atoms with E-state index in [0.29, 0.717) is 24.2 Å². The first kappa shape index (κ1) is 11.9. The van der Waals surface area contributed by atoms with E-state index in [9.17, 15) is 9.59 Å². The van der Waals surface area contributed by atoms with Crippen molar-refractivity contribution in [2.24, 2.45) is 40.9 Å². The summed E-state index contributed by atoms with van der Waals surface area (Å²) in [7, 11) is 0. The fourth-order valence-electron chi connectivity index (χ4n) is 6.38. The van der Waals surface area contributed by atoms with Crippen LogP contribution in [0.2, 0.25) is 0 Å². The fourth-order valence-corrected chi connectivity index (χ4v) is 6.38. The van der Waals surface area contributed by atoms with Crippen molar-refractivity contribution in [3.63, 3.8) is 0 Å². The highest BCUT2D eigenvalue weighted by molar-refractivity contribution is 5.98. The maximum Gasteiger partial charge on any atom is 0.320 e. The van der Waals surface area contributed by atoms with E-state index in [0.717, 1.165) is 24.2 Å². The molecular weight excluding hydrogens is 240 g/mol. The van der Waals surface area contributed by atoms with E-state index < -0.39 is 5.41 Å². The maximum absolute atomic E-state index is 12.2. The molecule has 0 radical (unpaired) electrons. The van der Waals surface area contributed by atoms with Gasteiger partial charge < -0.3 is 4.74 Å². The molecular formula is C16H22O3. The molecule has 7 atom stereocenters. The van der Waals surface area contributed by atoms with E-state index in [4.69, 9.17) is 4.74 Å². The van der Waals surface area contributed by atoms with Gasteiger partial charge in [-0.3, -0.25) is 9.59 Å². The molecule has 0 amide bonds. The summed E-state index contributed by atoms with van der Waals surface area (Å²) in [6.45, 7) is 4.66. The smallest absolute Gasteiger partial charge is 0.320 e. The number of fused-ring (bicyclic) bond motifs is 6. The van der Waals surface area contributed by atoms with Crippen molar-refractivity contribution >= 4 is 11.9 Å². The summed E-state index contributed by atoms with van der Waals surface area (Å²) in [5.74, 6) is 3.66. The first-order valence-corrected chi connectivity index (χ1v) is 7.82. The number of esters is 2. The lowest BCUT2D eigenvalue weighted by Gasteiger charge is -2.39. The number of hydrogen-bond acceptors (Lipinski definition) is 3. The molecule has 1 aliphatic heterocycles. The van der Waals surface area contributed by atoms with E-state index in [1.165, 1.54) is 19.3 Å². The SMILES string of the molecule is CCC1CC(C)C2C3CC(C12)C1(CC(=O)OC1=O)C3. The molecule has 3 nitrogen and oxygen atoms in total. The lowest BCUT2D eigenvalue weighted by molar-refractivity contribution is -0.157. The van der Waals surface area contributed by atoms with Crippen molar-refractivity contribution in [3.05, 3.63) is 0 Å². The summed E-state index contributed by atoms with van der Waals surface area (Å²) in [5.41, 5.74) is -0.416. The van der Waals surface area contributed by atoms with Gasteiger partial charge in [0.25, 0.3) is 0 Å². The van der Waals surface area contributed by atoms with Gasteiger partial charge in [0.1, 0.15) is 0 Å². The van der Waals surface area contributed by atoms with Gasteiger partial charge in [0.05, 0.1) is 11.8 Å². The highest BCUT2D eigenvalue weighted by atomic mass is 16.6.